The van der Waals surface area contributed by atoms with Crippen molar-refractivity contribution in [1.29, 1.82) is 0 Å². The maximum Gasteiger partial charge on any atom is 0.339 e. The van der Waals surface area contributed by atoms with Crippen LogP contribution in [-0.2, 0) is 21.3 Å². The molecule has 0 fully saturated rings. The third-order valence-corrected chi connectivity index (χ3v) is 6.22. The van der Waals surface area contributed by atoms with Gasteiger partial charge in [-0.3, -0.25) is 0 Å². The Morgan fingerprint density at radius 2 is 2.03 bits per heavy atom. The largest absolute Gasteiger partial charge is 0.497 e. The van der Waals surface area contributed by atoms with Gasteiger partial charge in [0.05, 0.1) is 16.4 Å². The van der Waals surface area contributed by atoms with Crippen LogP contribution in [0.15, 0.2) is 41.6 Å². The molecule has 0 spiro atoms. The number of anilines is 2. The number of hydrogen-bond donors (Lipinski definition) is 2. The summed E-state index contributed by atoms with van der Waals surface area (Å²) in [5.74, 6) is 0.989. The van der Waals surface area contributed by atoms with Gasteiger partial charge in [-0.25, -0.2) is 4.98 Å². The second-order valence-electron chi connectivity index (χ2n) is 5.93. The fourth-order valence-electron chi connectivity index (χ4n) is 2.56. The second kappa shape index (κ2) is 8.86. The summed E-state index contributed by atoms with van der Waals surface area (Å²) in [5, 5.41) is 0. The van der Waals surface area contributed by atoms with Crippen LogP contribution in [0.5, 0.6) is 11.5 Å². The number of nitrogens with zero attached hydrogens (tertiary/aromatic N) is 2. The van der Waals surface area contributed by atoms with Crippen molar-refractivity contribution in [2.75, 3.05) is 24.7 Å². The van der Waals surface area contributed by atoms with Gasteiger partial charge >= 0.3 is 10.1 Å². The van der Waals surface area contributed by atoms with Gasteiger partial charge in [-0.15, -0.1) is 0 Å². The topological polar surface area (TPSA) is 140 Å². The lowest BCUT2D eigenvalue weighted by atomic mass is 10.1. The average molecular weight is 530 g/mol. The lowest BCUT2D eigenvalue weighted by molar-refractivity contribution is 0.285. The van der Waals surface area contributed by atoms with E-state index in [1.54, 1.807) is 12.1 Å². The van der Waals surface area contributed by atoms with Crippen molar-refractivity contribution in [3.05, 3.63) is 56.3 Å². The van der Waals surface area contributed by atoms with Gasteiger partial charge in [0.15, 0.2) is 5.75 Å². The number of hydrogen-bond acceptors (Lipinski definition) is 9. The summed E-state index contributed by atoms with van der Waals surface area (Å²) in [6, 6.07) is 3.43. The number of ether oxygens (including phenoxy) is 2. The van der Waals surface area contributed by atoms with Gasteiger partial charge in [0.1, 0.15) is 23.1 Å². The monoisotopic (exact) mass is 530 g/mol. The molecule has 0 saturated heterocycles. The van der Waals surface area contributed by atoms with Crippen LogP contribution < -0.4 is 20.4 Å². The molecule has 1 aliphatic heterocycles. The Kier molecular flexibility index (Phi) is 6.47. The highest BCUT2D eigenvalue weighted by molar-refractivity contribution is 14.1. The van der Waals surface area contributed by atoms with Crippen LogP contribution >= 0.6 is 22.6 Å². The van der Waals surface area contributed by atoms with Crippen LogP contribution in [0.3, 0.4) is 0 Å². The molecule has 0 aliphatic carbocycles. The first-order valence-corrected chi connectivity index (χ1v) is 11.0. The number of rotatable bonds is 7. The molecular formula is C18H19IN4O5S. The molecule has 2 aromatic rings. The first-order chi connectivity index (χ1) is 13.8. The van der Waals surface area contributed by atoms with Gasteiger partial charge in [-0.2, -0.15) is 13.4 Å². The standard InChI is InChI=1S/C18H19IN4O5S/c1-2-27-14-8-11(7-12-10-22-18(21)23-17(12)20)9-15(16(14)19)28-29(24,25)13-3-5-26-6-4-13/h3-5,8-10H,2,6-7H2,1H3,(H4,20,21,22,23). The van der Waals surface area contributed by atoms with Crippen molar-refractivity contribution in [1.82, 2.24) is 9.97 Å². The Labute approximate surface area is 182 Å². The number of benzene rings is 1. The van der Waals surface area contributed by atoms with Crippen molar-refractivity contribution in [2.24, 2.45) is 0 Å². The minimum atomic E-state index is -4.03. The normalized spacial score (nSPS) is 13.5. The Morgan fingerprint density at radius 1 is 1.28 bits per heavy atom. The molecule has 0 bridgehead atoms. The molecule has 3 rings (SSSR count). The van der Waals surface area contributed by atoms with Gasteiger partial charge in [0.25, 0.3) is 0 Å². The number of halogens is 1. The van der Waals surface area contributed by atoms with E-state index in [2.05, 4.69) is 9.97 Å². The number of allylic oxidation sites excluding steroid dienone is 1. The van der Waals surface area contributed by atoms with E-state index in [4.69, 9.17) is 25.1 Å². The van der Waals surface area contributed by atoms with E-state index >= 15 is 0 Å². The first kappa shape index (κ1) is 21.2. The zero-order chi connectivity index (χ0) is 21.0. The maximum atomic E-state index is 12.6. The van der Waals surface area contributed by atoms with E-state index in [0.29, 0.717) is 27.9 Å². The summed E-state index contributed by atoms with van der Waals surface area (Å²) in [6.07, 6.45) is 5.96. The molecule has 2 heterocycles. The summed E-state index contributed by atoms with van der Waals surface area (Å²) in [7, 11) is -4.03. The molecule has 0 saturated carbocycles. The van der Waals surface area contributed by atoms with E-state index < -0.39 is 10.1 Å². The maximum absolute atomic E-state index is 12.6. The predicted molar refractivity (Wildman–Crippen MR) is 117 cm³/mol. The number of aromatic nitrogens is 2. The van der Waals surface area contributed by atoms with Crippen LogP contribution in [0.25, 0.3) is 0 Å². The smallest absolute Gasteiger partial charge is 0.339 e. The van der Waals surface area contributed by atoms with E-state index in [1.165, 1.54) is 24.6 Å². The quantitative estimate of drug-likeness (QED) is 0.408. The highest BCUT2D eigenvalue weighted by Crippen LogP contribution is 2.35. The molecule has 1 aromatic heterocycles. The molecule has 0 atom stereocenters. The highest BCUT2D eigenvalue weighted by atomic mass is 127. The Balaban J connectivity index is 1.98. The molecule has 1 aromatic carbocycles. The molecule has 0 amide bonds. The Bertz CT molecular complexity index is 1090. The molecule has 4 N–H and O–H groups in total. The number of nitrogen functional groups attached to an aromatic ring is 2. The van der Waals surface area contributed by atoms with Gasteiger partial charge < -0.3 is 25.1 Å². The van der Waals surface area contributed by atoms with Crippen molar-refractivity contribution in [2.45, 2.75) is 13.3 Å². The van der Waals surface area contributed by atoms with Gasteiger partial charge in [0, 0.05) is 18.2 Å². The van der Waals surface area contributed by atoms with Crippen LogP contribution in [-0.4, -0.2) is 31.6 Å². The van der Waals surface area contributed by atoms with Crippen LogP contribution in [0.1, 0.15) is 18.1 Å². The minimum Gasteiger partial charge on any atom is -0.497 e. The first-order valence-electron chi connectivity index (χ1n) is 8.55. The minimum absolute atomic E-state index is 0.0269. The van der Waals surface area contributed by atoms with E-state index in [1.807, 2.05) is 29.5 Å². The van der Waals surface area contributed by atoms with Crippen molar-refractivity contribution in [3.63, 3.8) is 0 Å². The second-order valence-corrected chi connectivity index (χ2v) is 8.56. The van der Waals surface area contributed by atoms with Gasteiger partial charge in [-0.1, -0.05) is 0 Å². The Morgan fingerprint density at radius 3 is 2.69 bits per heavy atom. The lowest BCUT2D eigenvalue weighted by Gasteiger charge is -2.16. The molecular weight excluding hydrogens is 511 g/mol. The molecule has 9 nitrogen and oxygen atoms in total. The molecule has 11 heteroatoms. The average Bonchev–Trinajstić information content (AvgIpc) is 2.68. The highest BCUT2D eigenvalue weighted by Gasteiger charge is 2.23. The van der Waals surface area contributed by atoms with Gasteiger partial charge in [0.2, 0.25) is 5.95 Å². The molecule has 154 valence electrons. The summed E-state index contributed by atoms with van der Waals surface area (Å²) >= 11 is 1.99. The van der Waals surface area contributed by atoms with E-state index in [9.17, 15) is 8.42 Å². The zero-order valence-electron chi connectivity index (χ0n) is 15.5. The fourth-order valence-corrected chi connectivity index (χ4v) is 4.25. The molecule has 1 aliphatic rings. The molecule has 0 unspecified atom stereocenters. The van der Waals surface area contributed by atoms with Crippen LogP contribution in [0.4, 0.5) is 11.8 Å². The van der Waals surface area contributed by atoms with Crippen LogP contribution in [0.2, 0.25) is 0 Å². The molecule has 0 radical (unpaired) electrons. The van der Waals surface area contributed by atoms with Crippen molar-refractivity contribution in [3.8, 4) is 11.5 Å². The van der Waals surface area contributed by atoms with Crippen molar-refractivity contribution >= 4 is 44.5 Å². The lowest BCUT2D eigenvalue weighted by Crippen LogP contribution is -2.14. The Hall–Kier alpha value is -2.54. The SMILES string of the molecule is CCOc1cc(Cc2cnc(N)nc2N)cc(OS(=O)(=O)C2=CCOC=C2)c1I. The summed E-state index contributed by atoms with van der Waals surface area (Å²) in [4.78, 5) is 7.93. The third-order valence-electron chi connectivity index (χ3n) is 3.87. The molecule has 29 heavy (non-hydrogen) atoms. The summed E-state index contributed by atoms with van der Waals surface area (Å²) < 4.78 is 41.9. The van der Waals surface area contributed by atoms with E-state index in [0.717, 1.165) is 5.56 Å². The fraction of sp³-hybridized carbons (Fsp3) is 0.222. The zero-order valence-corrected chi connectivity index (χ0v) is 18.4. The van der Waals surface area contributed by atoms with Crippen molar-refractivity contribution < 1.29 is 22.1 Å². The van der Waals surface area contributed by atoms with Gasteiger partial charge in [-0.05, 0) is 59.4 Å². The van der Waals surface area contributed by atoms with Crippen LogP contribution in [0, 0.1) is 3.57 Å². The third kappa shape index (κ3) is 5.09. The number of nitrogens with two attached hydrogens (primary N) is 2. The van der Waals surface area contributed by atoms with E-state index in [-0.39, 0.29) is 29.0 Å². The summed E-state index contributed by atoms with van der Waals surface area (Å²) in [5.41, 5.74) is 12.8. The predicted octanol–water partition coefficient (Wildman–Crippen LogP) is 2.37. The summed E-state index contributed by atoms with van der Waals surface area (Å²) in [6.45, 7) is 2.40.